The Hall–Kier alpha value is -2.32. The van der Waals surface area contributed by atoms with E-state index in [9.17, 15) is 4.79 Å². The zero-order chi connectivity index (χ0) is 15.4. The third-order valence-electron chi connectivity index (χ3n) is 4.09. The maximum atomic E-state index is 12.2. The minimum absolute atomic E-state index is 0.213. The minimum Gasteiger partial charge on any atom is -0.349 e. The topological polar surface area (TPSA) is 103 Å². The van der Waals surface area contributed by atoms with Crippen LogP contribution < -0.4 is 5.32 Å². The number of amides is 1. The van der Waals surface area contributed by atoms with E-state index >= 15 is 0 Å². The lowest BCUT2D eigenvalue weighted by molar-refractivity contribution is 0.0945. The predicted octanol–water partition coefficient (Wildman–Crippen LogP) is 0.193. The summed E-state index contributed by atoms with van der Waals surface area (Å²) in [6, 6.07) is 0. The van der Waals surface area contributed by atoms with Crippen LogP contribution in [0, 0.1) is 12.8 Å². The molecule has 0 bridgehead atoms. The van der Waals surface area contributed by atoms with Crippen molar-refractivity contribution in [2.45, 2.75) is 45.7 Å². The smallest absolute Gasteiger partial charge is 0.273 e. The van der Waals surface area contributed by atoms with Gasteiger partial charge in [0.15, 0.2) is 12.0 Å². The van der Waals surface area contributed by atoms with Gasteiger partial charge in [-0.3, -0.25) is 4.79 Å². The number of aromatic nitrogens is 7. The second-order valence-electron chi connectivity index (χ2n) is 5.64. The molecule has 9 nitrogen and oxygen atoms in total. The number of tetrazole rings is 1. The third-order valence-corrected chi connectivity index (χ3v) is 4.09. The molecule has 0 aromatic carbocycles. The number of nitrogens with zero attached hydrogens (tertiary/aromatic N) is 7. The Kier molecular flexibility index (Phi) is 4.40. The monoisotopic (exact) mass is 304 g/mol. The molecule has 0 unspecified atom stereocenters. The van der Waals surface area contributed by atoms with Crippen molar-refractivity contribution >= 4 is 5.91 Å². The lowest BCUT2D eigenvalue weighted by Gasteiger charge is -2.09. The second kappa shape index (κ2) is 6.63. The minimum atomic E-state index is -0.213. The molecule has 1 N–H and O–H groups in total. The van der Waals surface area contributed by atoms with Crippen molar-refractivity contribution in [2.75, 3.05) is 6.54 Å². The van der Waals surface area contributed by atoms with E-state index in [1.165, 1.54) is 36.8 Å². The van der Waals surface area contributed by atoms with Crippen molar-refractivity contribution in [2.24, 2.45) is 5.92 Å². The average Bonchev–Trinajstić information content (AvgIpc) is 3.23. The van der Waals surface area contributed by atoms with Gasteiger partial charge in [-0.15, -0.1) is 15.3 Å². The first-order valence-corrected chi connectivity index (χ1v) is 7.63. The molecule has 1 aliphatic rings. The Balaban J connectivity index is 1.54. The van der Waals surface area contributed by atoms with Crippen LogP contribution in [-0.4, -0.2) is 47.7 Å². The SMILES string of the molecule is Cc1c(C(=O)NCCn2ncnn2)nnn1CC1CCCC1. The van der Waals surface area contributed by atoms with Gasteiger partial charge in [0.25, 0.3) is 5.91 Å². The van der Waals surface area contributed by atoms with Crippen LogP contribution in [-0.2, 0) is 13.1 Å². The summed E-state index contributed by atoms with van der Waals surface area (Å²) in [4.78, 5) is 13.6. The first kappa shape index (κ1) is 14.6. The van der Waals surface area contributed by atoms with Crippen LogP contribution >= 0.6 is 0 Å². The molecule has 1 aliphatic carbocycles. The van der Waals surface area contributed by atoms with E-state index in [1.54, 1.807) is 0 Å². The summed E-state index contributed by atoms with van der Waals surface area (Å²) in [6.45, 7) is 3.64. The predicted molar refractivity (Wildman–Crippen MR) is 76.9 cm³/mol. The average molecular weight is 304 g/mol. The molecule has 1 saturated carbocycles. The molecule has 0 saturated heterocycles. The quantitative estimate of drug-likeness (QED) is 0.817. The Morgan fingerprint density at radius 2 is 2.18 bits per heavy atom. The Morgan fingerprint density at radius 3 is 2.91 bits per heavy atom. The molecule has 0 radical (unpaired) electrons. The summed E-state index contributed by atoms with van der Waals surface area (Å²) in [5.41, 5.74) is 1.22. The van der Waals surface area contributed by atoms with Gasteiger partial charge in [-0.2, -0.15) is 4.80 Å². The molecule has 1 amide bonds. The van der Waals surface area contributed by atoms with Gasteiger partial charge in [0, 0.05) is 13.1 Å². The Labute approximate surface area is 128 Å². The molecule has 0 aliphatic heterocycles. The van der Waals surface area contributed by atoms with Crippen molar-refractivity contribution in [1.82, 2.24) is 40.5 Å². The van der Waals surface area contributed by atoms with Gasteiger partial charge in [-0.25, -0.2) is 4.68 Å². The molecule has 2 aromatic heterocycles. The lowest BCUT2D eigenvalue weighted by Crippen LogP contribution is -2.28. The van der Waals surface area contributed by atoms with Crippen LogP contribution in [0.3, 0.4) is 0 Å². The highest BCUT2D eigenvalue weighted by molar-refractivity contribution is 5.93. The number of carbonyl (C=O) groups is 1. The van der Waals surface area contributed by atoms with E-state index < -0.39 is 0 Å². The molecule has 118 valence electrons. The van der Waals surface area contributed by atoms with E-state index in [0.29, 0.717) is 24.7 Å². The normalized spacial score (nSPS) is 15.3. The summed E-state index contributed by atoms with van der Waals surface area (Å²) >= 11 is 0. The third kappa shape index (κ3) is 3.29. The summed E-state index contributed by atoms with van der Waals surface area (Å²) in [5, 5.41) is 22.2. The van der Waals surface area contributed by atoms with Crippen LogP contribution in [0.2, 0.25) is 0 Å². The van der Waals surface area contributed by atoms with E-state index in [4.69, 9.17) is 0 Å². The first-order chi connectivity index (χ1) is 10.7. The van der Waals surface area contributed by atoms with Gasteiger partial charge in [-0.05, 0) is 30.9 Å². The maximum absolute atomic E-state index is 12.2. The molecule has 1 fully saturated rings. The largest absolute Gasteiger partial charge is 0.349 e. The van der Waals surface area contributed by atoms with Gasteiger partial charge in [-0.1, -0.05) is 18.1 Å². The van der Waals surface area contributed by atoms with Crippen LogP contribution in [0.5, 0.6) is 0 Å². The number of hydrogen-bond acceptors (Lipinski definition) is 6. The van der Waals surface area contributed by atoms with Crippen molar-refractivity contribution < 1.29 is 4.79 Å². The van der Waals surface area contributed by atoms with Crippen LogP contribution in [0.4, 0.5) is 0 Å². The summed E-state index contributed by atoms with van der Waals surface area (Å²) in [7, 11) is 0. The van der Waals surface area contributed by atoms with Crippen molar-refractivity contribution in [3.63, 3.8) is 0 Å². The fourth-order valence-corrected chi connectivity index (χ4v) is 2.83. The van der Waals surface area contributed by atoms with E-state index in [2.05, 4.69) is 31.0 Å². The Bertz CT molecular complexity index is 614. The van der Waals surface area contributed by atoms with E-state index in [0.717, 1.165) is 12.2 Å². The summed E-state index contributed by atoms with van der Waals surface area (Å²) in [5.74, 6) is 0.449. The van der Waals surface area contributed by atoms with Crippen molar-refractivity contribution in [3.8, 4) is 0 Å². The number of carbonyl (C=O) groups excluding carboxylic acids is 1. The Morgan fingerprint density at radius 1 is 1.36 bits per heavy atom. The summed E-state index contributed by atoms with van der Waals surface area (Å²) < 4.78 is 1.85. The van der Waals surface area contributed by atoms with Gasteiger partial charge in [0.2, 0.25) is 0 Å². The molecule has 3 rings (SSSR count). The highest BCUT2D eigenvalue weighted by atomic mass is 16.2. The molecule has 2 heterocycles. The van der Waals surface area contributed by atoms with Crippen LogP contribution in [0.15, 0.2) is 6.33 Å². The van der Waals surface area contributed by atoms with Gasteiger partial charge < -0.3 is 5.32 Å². The number of rotatable bonds is 6. The zero-order valence-electron chi connectivity index (χ0n) is 12.6. The van der Waals surface area contributed by atoms with E-state index in [1.807, 2.05) is 11.6 Å². The van der Waals surface area contributed by atoms with Crippen LogP contribution in [0.25, 0.3) is 0 Å². The molecule has 2 aromatic rings. The second-order valence-corrected chi connectivity index (χ2v) is 5.64. The number of nitrogens with one attached hydrogen (secondary N) is 1. The number of hydrogen-bond donors (Lipinski definition) is 1. The summed E-state index contributed by atoms with van der Waals surface area (Å²) in [6.07, 6.45) is 6.43. The highest BCUT2D eigenvalue weighted by Crippen LogP contribution is 2.26. The molecular weight excluding hydrogens is 284 g/mol. The van der Waals surface area contributed by atoms with Gasteiger partial charge in [0.05, 0.1) is 12.2 Å². The fraction of sp³-hybridized carbons (Fsp3) is 0.692. The molecule has 22 heavy (non-hydrogen) atoms. The van der Waals surface area contributed by atoms with Gasteiger partial charge in [0.1, 0.15) is 0 Å². The fourth-order valence-electron chi connectivity index (χ4n) is 2.83. The standard InChI is InChI=1S/C13H20N8O/c1-10-12(13(22)14-6-7-21-16-9-15-18-21)17-19-20(10)8-11-4-2-3-5-11/h9,11H,2-8H2,1H3,(H,14,22). The van der Waals surface area contributed by atoms with E-state index in [-0.39, 0.29) is 5.91 Å². The first-order valence-electron chi connectivity index (χ1n) is 7.63. The van der Waals surface area contributed by atoms with Gasteiger partial charge >= 0.3 is 0 Å². The van der Waals surface area contributed by atoms with Crippen LogP contribution in [0.1, 0.15) is 41.9 Å². The van der Waals surface area contributed by atoms with Crippen molar-refractivity contribution in [1.29, 1.82) is 0 Å². The highest BCUT2D eigenvalue weighted by Gasteiger charge is 2.20. The molecule has 9 heteroatoms. The van der Waals surface area contributed by atoms with Crippen molar-refractivity contribution in [3.05, 3.63) is 17.7 Å². The zero-order valence-corrected chi connectivity index (χ0v) is 12.6. The molecular formula is C13H20N8O. The maximum Gasteiger partial charge on any atom is 0.273 e. The molecule has 0 atom stereocenters. The lowest BCUT2D eigenvalue weighted by atomic mass is 10.1. The molecule has 0 spiro atoms.